The Kier molecular flexibility index (Phi) is 6.60. The summed E-state index contributed by atoms with van der Waals surface area (Å²) in [6.45, 7) is 2.18. The third kappa shape index (κ3) is 5.00. The minimum atomic E-state index is -3.67. The van der Waals surface area contributed by atoms with Gasteiger partial charge in [0.25, 0.3) is 0 Å². The van der Waals surface area contributed by atoms with E-state index in [2.05, 4.69) is 10.0 Å². The average Bonchev–Trinajstić information content (AvgIpc) is 2.43. The van der Waals surface area contributed by atoms with Crippen LogP contribution in [0.4, 0.5) is 5.69 Å². The van der Waals surface area contributed by atoms with Gasteiger partial charge in [-0.3, -0.25) is 0 Å². The van der Waals surface area contributed by atoms with Gasteiger partial charge < -0.3 is 15.2 Å². The second kappa shape index (κ2) is 7.96. The molecule has 8 heteroatoms. The fourth-order valence-electron chi connectivity index (χ4n) is 1.77. The van der Waals surface area contributed by atoms with Crippen LogP contribution in [0.2, 0.25) is 0 Å². The number of ether oxygens (including phenoxy) is 1. The van der Waals surface area contributed by atoms with Crippen molar-refractivity contribution in [1.82, 2.24) is 4.72 Å². The van der Waals surface area contributed by atoms with Gasteiger partial charge in [0.05, 0.1) is 5.69 Å². The van der Waals surface area contributed by atoms with E-state index < -0.39 is 22.0 Å². The molecule has 1 aromatic carbocycles. The quantitative estimate of drug-likeness (QED) is 0.625. The van der Waals surface area contributed by atoms with Crippen LogP contribution in [0.15, 0.2) is 29.2 Å². The number of carboxylic acids is 1. The number of hydrogen-bond donors (Lipinski definition) is 3. The molecule has 3 N–H and O–H groups in total. The molecule has 118 valence electrons. The number of methoxy groups -OCH3 is 1. The summed E-state index contributed by atoms with van der Waals surface area (Å²) >= 11 is 0. The minimum absolute atomic E-state index is 0.0236. The Balaban J connectivity index is 3.05. The van der Waals surface area contributed by atoms with Crippen molar-refractivity contribution in [1.29, 1.82) is 0 Å². The lowest BCUT2D eigenvalue weighted by atomic mass is 10.2. The van der Waals surface area contributed by atoms with Gasteiger partial charge >= 0.3 is 5.97 Å². The molecule has 0 bridgehead atoms. The predicted octanol–water partition coefficient (Wildman–Crippen LogP) is 0.886. The number of nitrogens with one attached hydrogen (secondary N) is 2. The molecule has 1 unspecified atom stereocenters. The van der Waals surface area contributed by atoms with E-state index in [4.69, 9.17) is 4.74 Å². The maximum absolute atomic E-state index is 12.1. The third-order valence-corrected chi connectivity index (χ3v) is 4.35. The van der Waals surface area contributed by atoms with Crippen molar-refractivity contribution in [2.75, 3.05) is 25.6 Å². The molecule has 0 fully saturated rings. The Morgan fingerprint density at radius 2 is 2.05 bits per heavy atom. The smallest absolute Gasteiger partial charge is 0.326 e. The summed E-state index contributed by atoms with van der Waals surface area (Å²) in [5.41, 5.74) is 0.252. The average molecular weight is 316 g/mol. The highest BCUT2D eigenvalue weighted by Crippen LogP contribution is 2.22. The number of anilines is 1. The summed E-state index contributed by atoms with van der Waals surface area (Å²) in [5, 5.41) is 11.9. The molecule has 0 aliphatic heterocycles. The van der Waals surface area contributed by atoms with Crippen LogP contribution in [-0.4, -0.2) is 45.8 Å². The van der Waals surface area contributed by atoms with Crippen LogP contribution in [0.5, 0.6) is 0 Å². The number of rotatable bonds is 9. The maximum atomic E-state index is 12.1. The molecular formula is C13H20N2O5S. The number of carboxylic acid groups (broad SMARTS) is 1. The molecule has 1 aromatic rings. The van der Waals surface area contributed by atoms with Gasteiger partial charge in [-0.05, 0) is 12.1 Å². The maximum Gasteiger partial charge on any atom is 0.326 e. The highest BCUT2D eigenvalue weighted by atomic mass is 32.2. The van der Waals surface area contributed by atoms with Crippen molar-refractivity contribution >= 4 is 21.7 Å². The first-order valence-electron chi connectivity index (χ1n) is 6.49. The fourth-order valence-corrected chi connectivity index (χ4v) is 2.98. The van der Waals surface area contributed by atoms with Crippen molar-refractivity contribution in [3.05, 3.63) is 24.3 Å². The topological polar surface area (TPSA) is 105 Å². The first kappa shape index (κ1) is 17.4. The van der Waals surface area contributed by atoms with Gasteiger partial charge in [-0.2, -0.15) is 0 Å². The van der Waals surface area contributed by atoms with Gasteiger partial charge in [0, 0.05) is 26.7 Å². The minimum Gasteiger partial charge on any atom is -0.480 e. The van der Waals surface area contributed by atoms with Crippen LogP contribution >= 0.6 is 0 Å². The van der Waals surface area contributed by atoms with E-state index in [1.165, 1.54) is 19.2 Å². The zero-order chi connectivity index (χ0) is 15.9. The van der Waals surface area contributed by atoms with Gasteiger partial charge in [-0.1, -0.05) is 19.1 Å². The molecule has 0 saturated carbocycles. The fraction of sp³-hybridized carbons (Fsp3) is 0.462. The van der Waals surface area contributed by atoms with Crippen LogP contribution < -0.4 is 10.0 Å². The lowest BCUT2D eigenvalue weighted by molar-refractivity contribution is -0.138. The van der Waals surface area contributed by atoms with Crippen LogP contribution in [0.1, 0.15) is 13.3 Å². The van der Waals surface area contributed by atoms with E-state index in [0.29, 0.717) is 0 Å². The van der Waals surface area contributed by atoms with Crippen LogP contribution in [0.25, 0.3) is 0 Å². The van der Waals surface area contributed by atoms with Gasteiger partial charge in [-0.25, -0.2) is 17.9 Å². The summed E-state index contributed by atoms with van der Waals surface area (Å²) in [7, 11) is -2.19. The molecule has 1 atom stereocenters. The standard InChI is InChI=1S/C13H20N2O5S/c1-3-14-21(18,19)12-7-5-4-6-10(12)15-11(13(16)17)8-9-20-2/h4-7,11,14-15H,3,8-9H2,1-2H3,(H,16,17). The zero-order valence-electron chi connectivity index (χ0n) is 12.0. The van der Waals surface area contributed by atoms with Crippen molar-refractivity contribution in [3.8, 4) is 0 Å². The Labute approximate surface area is 124 Å². The molecule has 0 aliphatic rings. The monoisotopic (exact) mass is 316 g/mol. The molecule has 0 radical (unpaired) electrons. The second-order valence-electron chi connectivity index (χ2n) is 4.31. The van der Waals surface area contributed by atoms with Crippen molar-refractivity contribution in [2.24, 2.45) is 0 Å². The van der Waals surface area contributed by atoms with E-state index in [0.717, 1.165) is 0 Å². The molecular weight excluding hydrogens is 296 g/mol. The molecule has 0 aromatic heterocycles. The first-order valence-corrected chi connectivity index (χ1v) is 7.97. The lowest BCUT2D eigenvalue weighted by Crippen LogP contribution is -2.32. The molecule has 0 saturated heterocycles. The normalized spacial score (nSPS) is 12.9. The van der Waals surface area contributed by atoms with Crippen molar-refractivity contribution in [3.63, 3.8) is 0 Å². The Morgan fingerprint density at radius 3 is 2.62 bits per heavy atom. The number of carbonyl (C=O) groups is 1. The van der Waals surface area contributed by atoms with Crippen LogP contribution in [0.3, 0.4) is 0 Å². The van der Waals surface area contributed by atoms with Crippen molar-refractivity contribution in [2.45, 2.75) is 24.3 Å². The predicted molar refractivity (Wildman–Crippen MR) is 78.8 cm³/mol. The van der Waals surface area contributed by atoms with E-state index in [9.17, 15) is 18.3 Å². The molecule has 0 heterocycles. The number of hydrogen-bond acceptors (Lipinski definition) is 5. The number of aliphatic carboxylic acids is 1. The van der Waals surface area contributed by atoms with E-state index in [-0.39, 0.29) is 30.2 Å². The number of benzene rings is 1. The Morgan fingerprint density at radius 1 is 1.38 bits per heavy atom. The van der Waals surface area contributed by atoms with Gasteiger partial charge in [-0.15, -0.1) is 0 Å². The molecule has 0 amide bonds. The van der Waals surface area contributed by atoms with Gasteiger partial charge in [0.2, 0.25) is 10.0 Å². The summed E-state index contributed by atoms with van der Waals surface area (Å²) in [4.78, 5) is 11.2. The highest BCUT2D eigenvalue weighted by Gasteiger charge is 2.22. The SMILES string of the molecule is CCNS(=O)(=O)c1ccccc1NC(CCOC)C(=O)O. The first-order chi connectivity index (χ1) is 9.92. The Hall–Kier alpha value is -1.64. The molecule has 21 heavy (non-hydrogen) atoms. The van der Waals surface area contributed by atoms with Crippen LogP contribution in [-0.2, 0) is 19.6 Å². The number of sulfonamides is 1. The van der Waals surface area contributed by atoms with Gasteiger partial charge in [0.15, 0.2) is 0 Å². The molecule has 1 rings (SSSR count). The third-order valence-electron chi connectivity index (χ3n) is 2.75. The lowest BCUT2D eigenvalue weighted by Gasteiger charge is -2.18. The van der Waals surface area contributed by atoms with Gasteiger partial charge in [0.1, 0.15) is 10.9 Å². The molecule has 7 nitrogen and oxygen atoms in total. The summed E-state index contributed by atoms with van der Waals surface area (Å²) < 4.78 is 31.4. The molecule has 0 spiro atoms. The molecule has 0 aliphatic carbocycles. The zero-order valence-corrected chi connectivity index (χ0v) is 12.8. The van der Waals surface area contributed by atoms with Crippen LogP contribution in [0, 0.1) is 0 Å². The number of para-hydroxylation sites is 1. The summed E-state index contributed by atoms with van der Waals surface area (Å²) in [6, 6.07) is 5.26. The summed E-state index contributed by atoms with van der Waals surface area (Å²) in [5.74, 6) is -1.07. The van der Waals surface area contributed by atoms with E-state index in [1.807, 2.05) is 0 Å². The largest absolute Gasteiger partial charge is 0.480 e. The van der Waals surface area contributed by atoms with Crippen molar-refractivity contribution < 1.29 is 23.1 Å². The summed E-state index contributed by atoms with van der Waals surface area (Å²) in [6.07, 6.45) is 0.224. The highest BCUT2D eigenvalue weighted by molar-refractivity contribution is 7.89. The Bertz CT molecular complexity index is 574. The van der Waals surface area contributed by atoms with E-state index >= 15 is 0 Å². The second-order valence-corrected chi connectivity index (χ2v) is 6.05. The van der Waals surface area contributed by atoms with E-state index in [1.54, 1.807) is 19.1 Å².